The van der Waals surface area contributed by atoms with Crippen molar-refractivity contribution in [1.29, 1.82) is 0 Å². The van der Waals surface area contributed by atoms with E-state index in [2.05, 4.69) is 15.5 Å². The molecule has 4 nitrogen and oxygen atoms in total. The molecule has 2 aromatic heterocycles. The maximum atomic E-state index is 13.7. The van der Waals surface area contributed by atoms with Gasteiger partial charge in [-0.15, -0.1) is 0 Å². The Morgan fingerprint density at radius 3 is 2.77 bits per heavy atom. The first-order valence-corrected chi connectivity index (χ1v) is 6.95. The molecule has 0 atom stereocenters. The van der Waals surface area contributed by atoms with Crippen molar-refractivity contribution in [3.63, 3.8) is 0 Å². The van der Waals surface area contributed by atoms with E-state index in [-0.39, 0.29) is 5.52 Å². The van der Waals surface area contributed by atoms with Crippen LogP contribution in [0.15, 0.2) is 28.9 Å². The van der Waals surface area contributed by atoms with Crippen molar-refractivity contribution in [3.8, 4) is 0 Å². The van der Waals surface area contributed by atoms with Gasteiger partial charge in [0.2, 0.25) is 0 Å². The van der Waals surface area contributed by atoms with Crippen molar-refractivity contribution >= 4 is 16.6 Å². The number of fused-ring (bicyclic) bond motifs is 1. The zero-order chi connectivity index (χ0) is 15.7. The van der Waals surface area contributed by atoms with Crippen molar-refractivity contribution in [2.45, 2.75) is 20.3 Å². The summed E-state index contributed by atoms with van der Waals surface area (Å²) in [5.74, 6) is -0.493. The minimum atomic E-state index is -0.663. The fourth-order valence-electron chi connectivity index (χ4n) is 2.51. The molecule has 1 N–H and O–H groups in total. The number of hydrogen-bond donors (Lipinski definition) is 1. The Morgan fingerprint density at radius 2 is 2.05 bits per heavy atom. The first-order chi connectivity index (χ1) is 10.6. The summed E-state index contributed by atoms with van der Waals surface area (Å²) in [6, 6.07) is 3.82. The van der Waals surface area contributed by atoms with Gasteiger partial charge in [-0.3, -0.25) is 4.98 Å². The highest BCUT2D eigenvalue weighted by molar-refractivity contribution is 5.91. The number of hydrogen-bond acceptors (Lipinski definition) is 4. The number of benzene rings is 1. The molecule has 0 saturated heterocycles. The van der Waals surface area contributed by atoms with Gasteiger partial charge in [0.25, 0.3) is 0 Å². The van der Waals surface area contributed by atoms with Crippen LogP contribution in [0.3, 0.4) is 0 Å². The normalized spacial score (nSPS) is 11.1. The molecule has 0 saturated carbocycles. The Balaban J connectivity index is 1.82. The van der Waals surface area contributed by atoms with Crippen LogP contribution >= 0.6 is 0 Å². The summed E-state index contributed by atoms with van der Waals surface area (Å²) in [5.41, 5.74) is 2.71. The number of halogens is 2. The van der Waals surface area contributed by atoms with Gasteiger partial charge in [0, 0.05) is 35.4 Å². The first-order valence-electron chi connectivity index (χ1n) is 6.95. The molecule has 114 valence electrons. The number of nitrogens with one attached hydrogen (secondary N) is 1. The molecule has 0 aliphatic heterocycles. The lowest BCUT2D eigenvalue weighted by Crippen LogP contribution is -2.07. The minimum absolute atomic E-state index is 0.156. The van der Waals surface area contributed by atoms with Crippen LogP contribution in [-0.2, 0) is 6.42 Å². The van der Waals surface area contributed by atoms with Crippen molar-refractivity contribution in [2.75, 3.05) is 11.9 Å². The predicted octanol–water partition coefficient (Wildman–Crippen LogP) is 3.77. The fourth-order valence-corrected chi connectivity index (χ4v) is 2.51. The Kier molecular flexibility index (Phi) is 3.75. The van der Waals surface area contributed by atoms with Gasteiger partial charge in [0.1, 0.15) is 17.1 Å². The molecular formula is C16H15F2N3O. The van der Waals surface area contributed by atoms with Crippen LogP contribution < -0.4 is 5.32 Å². The lowest BCUT2D eigenvalue weighted by molar-refractivity contribution is 0.392. The summed E-state index contributed by atoms with van der Waals surface area (Å²) in [6.45, 7) is 4.35. The molecule has 3 aromatic rings. The summed E-state index contributed by atoms with van der Waals surface area (Å²) in [5, 5.41) is 7.52. The maximum Gasteiger partial charge on any atom is 0.152 e. The summed E-state index contributed by atoms with van der Waals surface area (Å²) in [6.07, 6.45) is 2.21. The van der Waals surface area contributed by atoms with Gasteiger partial charge in [0.05, 0.1) is 5.69 Å². The summed E-state index contributed by atoms with van der Waals surface area (Å²) >= 11 is 0. The molecule has 0 radical (unpaired) electrons. The van der Waals surface area contributed by atoms with E-state index in [9.17, 15) is 8.78 Å². The number of rotatable bonds is 4. The number of pyridine rings is 1. The predicted molar refractivity (Wildman–Crippen MR) is 79.8 cm³/mol. The van der Waals surface area contributed by atoms with E-state index in [1.807, 2.05) is 13.8 Å². The van der Waals surface area contributed by atoms with Crippen LogP contribution in [0.1, 0.15) is 17.0 Å². The standard InChI is InChI=1S/C16H15F2N3O/c1-9-12(10(2)22-21-9)3-5-19-15-4-6-20-16-13(15)7-11(17)8-14(16)18/h4,6-8H,3,5H2,1-2H3,(H,19,20). The second-order valence-corrected chi connectivity index (χ2v) is 5.12. The first kappa shape index (κ1) is 14.4. The highest BCUT2D eigenvalue weighted by Crippen LogP contribution is 2.25. The number of aromatic nitrogens is 2. The van der Waals surface area contributed by atoms with Gasteiger partial charge in [-0.2, -0.15) is 0 Å². The maximum absolute atomic E-state index is 13.7. The SMILES string of the molecule is Cc1noc(C)c1CCNc1ccnc2c(F)cc(F)cc12. The summed E-state index contributed by atoms with van der Waals surface area (Å²) in [4.78, 5) is 3.96. The Bertz CT molecular complexity index is 810. The Morgan fingerprint density at radius 1 is 1.23 bits per heavy atom. The van der Waals surface area contributed by atoms with Crippen LogP contribution in [0.4, 0.5) is 14.5 Å². The van der Waals surface area contributed by atoms with Crippen LogP contribution in [0.5, 0.6) is 0 Å². The van der Waals surface area contributed by atoms with Crippen LogP contribution in [0, 0.1) is 25.5 Å². The van der Waals surface area contributed by atoms with Crippen LogP contribution in [0.25, 0.3) is 10.9 Å². The van der Waals surface area contributed by atoms with E-state index >= 15 is 0 Å². The van der Waals surface area contributed by atoms with Gasteiger partial charge < -0.3 is 9.84 Å². The average molecular weight is 303 g/mol. The molecule has 0 aliphatic carbocycles. The van der Waals surface area contributed by atoms with Crippen molar-refractivity contribution < 1.29 is 13.3 Å². The Hall–Kier alpha value is -2.50. The monoisotopic (exact) mass is 303 g/mol. The second kappa shape index (κ2) is 5.71. The molecule has 0 spiro atoms. The zero-order valence-corrected chi connectivity index (χ0v) is 12.3. The van der Waals surface area contributed by atoms with E-state index in [1.165, 1.54) is 12.3 Å². The van der Waals surface area contributed by atoms with E-state index in [1.54, 1.807) is 6.07 Å². The Labute approximate surface area is 126 Å². The molecule has 0 unspecified atom stereocenters. The largest absolute Gasteiger partial charge is 0.384 e. The van der Waals surface area contributed by atoms with Gasteiger partial charge in [-0.05, 0) is 32.4 Å². The lowest BCUT2D eigenvalue weighted by atomic mass is 10.1. The molecule has 2 heterocycles. The van der Waals surface area contributed by atoms with Crippen molar-refractivity contribution in [3.05, 3.63) is 53.0 Å². The zero-order valence-electron chi connectivity index (χ0n) is 12.3. The van der Waals surface area contributed by atoms with Crippen LogP contribution in [0.2, 0.25) is 0 Å². The molecular weight excluding hydrogens is 288 g/mol. The molecule has 0 aliphatic rings. The number of anilines is 1. The number of aryl methyl sites for hydroxylation is 2. The third-order valence-corrected chi connectivity index (χ3v) is 3.63. The van der Waals surface area contributed by atoms with Crippen molar-refractivity contribution in [1.82, 2.24) is 10.1 Å². The van der Waals surface area contributed by atoms with E-state index in [0.717, 1.165) is 23.1 Å². The average Bonchev–Trinajstić information content (AvgIpc) is 2.79. The lowest BCUT2D eigenvalue weighted by Gasteiger charge is -2.10. The molecule has 22 heavy (non-hydrogen) atoms. The van der Waals surface area contributed by atoms with E-state index < -0.39 is 11.6 Å². The highest BCUT2D eigenvalue weighted by Gasteiger charge is 2.11. The molecule has 3 rings (SSSR count). The molecule has 6 heteroatoms. The van der Waals surface area contributed by atoms with E-state index in [4.69, 9.17) is 4.52 Å². The second-order valence-electron chi connectivity index (χ2n) is 5.12. The molecule has 0 amide bonds. The third-order valence-electron chi connectivity index (χ3n) is 3.63. The van der Waals surface area contributed by atoms with E-state index in [0.29, 0.717) is 24.0 Å². The van der Waals surface area contributed by atoms with Gasteiger partial charge in [-0.25, -0.2) is 8.78 Å². The quantitative estimate of drug-likeness (QED) is 0.797. The molecule has 1 aromatic carbocycles. The molecule has 0 bridgehead atoms. The number of nitrogens with zero attached hydrogens (tertiary/aromatic N) is 2. The minimum Gasteiger partial charge on any atom is -0.384 e. The summed E-state index contributed by atoms with van der Waals surface area (Å²) < 4.78 is 32.3. The van der Waals surface area contributed by atoms with Crippen molar-refractivity contribution in [2.24, 2.45) is 0 Å². The fraction of sp³-hybridized carbons (Fsp3) is 0.250. The summed E-state index contributed by atoms with van der Waals surface area (Å²) in [7, 11) is 0. The third kappa shape index (κ3) is 2.64. The highest BCUT2D eigenvalue weighted by atomic mass is 19.1. The van der Waals surface area contributed by atoms with Gasteiger partial charge in [0.15, 0.2) is 5.82 Å². The van der Waals surface area contributed by atoms with Crippen LogP contribution in [-0.4, -0.2) is 16.7 Å². The molecule has 0 fully saturated rings. The smallest absolute Gasteiger partial charge is 0.152 e. The van der Waals surface area contributed by atoms with Gasteiger partial charge >= 0.3 is 0 Å². The van der Waals surface area contributed by atoms with Gasteiger partial charge in [-0.1, -0.05) is 5.16 Å². The topological polar surface area (TPSA) is 51.0 Å².